The highest BCUT2D eigenvalue weighted by Gasteiger charge is 2.16. The van der Waals surface area contributed by atoms with Gasteiger partial charge in [0.05, 0.1) is 0 Å². The lowest BCUT2D eigenvalue weighted by Crippen LogP contribution is -2.35. The Morgan fingerprint density at radius 3 is 2.15 bits per heavy atom. The van der Waals surface area contributed by atoms with E-state index in [4.69, 9.17) is 0 Å². The molecule has 146 valence electrons. The summed E-state index contributed by atoms with van der Waals surface area (Å²) in [6.07, 6.45) is 11.1. The van der Waals surface area contributed by atoms with Gasteiger partial charge in [-0.05, 0) is 30.7 Å². The molecule has 0 saturated carbocycles. The first kappa shape index (κ1) is 22.5. The van der Waals surface area contributed by atoms with Gasteiger partial charge in [0.15, 0.2) is 0 Å². The van der Waals surface area contributed by atoms with E-state index in [-0.39, 0.29) is 0 Å². The number of nitrogens with zero attached hydrogens (tertiary/aromatic N) is 1. The van der Waals surface area contributed by atoms with E-state index in [0.29, 0.717) is 18.2 Å². The Bertz CT molecular complexity index is 518. The number of rotatable bonds is 13. The topological polar surface area (TPSA) is 20.3 Å². The summed E-state index contributed by atoms with van der Waals surface area (Å²) in [6.45, 7) is 10.5. The van der Waals surface area contributed by atoms with Crippen molar-refractivity contribution in [3.63, 3.8) is 0 Å². The fourth-order valence-corrected chi connectivity index (χ4v) is 3.21. The molecule has 1 aromatic carbocycles. The molecule has 0 fully saturated rings. The second-order valence-electron chi connectivity index (χ2n) is 7.80. The molecule has 0 N–H and O–H groups in total. The van der Waals surface area contributed by atoms with E-state index in [1.807, 2.05) is 0 Å². The number of carbonyl (C=O) groups excluding carboxylic acids is 1. The second-order valence-corrected chi connectivity index (χ2v) is 7.80. The maximum Gasteiger partial charge on any atom is 0.222 e. The molecule has 1 amide bonds. The molecule has 0 aliphatic rings. The van der Waals surface area contributed by atoms with Gasteiger partial charge in [-0.2, -0.15) is 0 Å². The molecule has 0 atom stereocenters. The fraction of sp³-hybridized carbons (Fsp3) is 0.625. The van der Waals surface area contributed by atoms with Gasteiger partial charge in [-0.3, -0.25) is 4.79 Å². The Balaban J connectivity index is 2.86. The lowest BCUT2D eigenvalue weighted by molar-refractivity contribution is -0.131. The standard InChI is InChI=1S/C24H39NO/c1-5-7-10-16-23(18-22-14-12-9-13-15-22)20-25(19-21(3)4)24(26)17-11-8-6-2/h9,12-15,18,21H,5-8,10-11,16-17,19-20H2,1-4H3/b23-18+. The quantitative estimate of drug-likeness (QED) is 0.359. The molecule has 0 aromatic heterocycles. The van der Waals surface area contributed by atoms with Gasteiger partial charge < -0.3 is 4.90 Å². The van der Waals surface area contributed by atoms with Crippen LogP contribution in [0.2, 0.25) is 0 Å². The number of carbonyl (C=O) groups is 1. The average molecular weight is 358 g/mol. The predicted octanol–water partition coefficient (Wildman–Crippen LogP) is 6.72. The van der Waals surface area contributed by atoms with Crippen molar-refractivity contribution in [3.8, 4) is 0 Å². The predicted molar refractivity (Wildman–Crippen MR) is 114 cm³/mol. The normalized spacial score (nSPS) is 11.8. The minimum Gasteiger partial charge on any atom is -0.338 e. The van der Waals surface area contributed by atoms with Crippen LogP contribution in [0.15, 0.2) is 35.9 Å². The summed E-state index contributed by atoms with van der Waals surface area (Å²) in [5.41, 5.74) is 2.62. The van der Waals surface area contributed by atoms with Crippen LogP contribution in [0.3, 0.4) is 0 Å². The molecule has 0 aliphatic heterocycles. The highest BCUT2D eigenvalue weighted by Crippen LogP contribution is 2.17. The van der Waals surface area contributed by atoms with Crippen LogP contribution in [-0.4, -0.2) is 23.9 Å². The van der Waals surface area contributed by atoms with Crippen molar-refractivity contribution < 1.29 is 4.79 Å². The van der Waals surface area contributed by atoms with Crippen LogP contribution in [0.4, 0.5) is 0 Å². The number of unbranched alkanes of at least 4 members (excludes halogenated alkanes) is 4. The van der Waals surface area contributed by atoms with Gasteiger partial charge in [0.1, 0.15) is 0 Å². The number of benzene rings is 1. The Kier molecular flexibility index (Phi) is 11.8. The molecule has 0 bridgehead atoms. The first-order valence-corrected chi connectivity index (χ1v) is 10.6. The highest BCUT2D eigenvalue weighted by molar-refractivity contribution is 5.76. The van der Waals surface area contributed by atoms with Gasteiger partial charge in [0.25, 0.3) is 0 Å². The summed E-state index contributed by atoms with van der Waals surface area (Å²) in [5, 5.41) is 0. The summed E-state index contributed by atoms with van der Waals surface area (Å²) in [6, 6.07) is 10.5. The Labute approximate surface area is 161 Å². The van der Waals surface area contributed by atoms with Crippen LogP contribution in [-0.2, 0) is 4.79 Å². The summed E-state index contributed by atoms with van der Waals surface area (Å²) in [7, 11) is 0. The van der Waals surface area contributed by atoms with E-state index in [9.17, 15) is 4.79 Å². The summed E-state index contributed by atoms with van der Waals surface area (Å²) < 4.78 is 0. The molecule has 0 unspecified atom stereocenters. The van der Waals surface area contributed by atoms with Crippen LogP contribution >= 0.6 is 0 Å². The highest BCUT2D eigenvalue weighted by atomic mass is 16.2. The van der Waals surface area contributed by atoms with E-state index in [2.05, 4.69) is 69.0 Å². The van der Waals surface area contributed by atoms with Crippen LogP contribution in [0.1, 0.15) is 84.6 Å². The van der Waals surface area contributed by atoms with E-state index in [1.165, 1.54) is 30.4 Å². The van der Waals surface area contributed by atoms with E-state index in [1.54, 1.807) is 0 Å². The minimum atomic E-state index is 0.321. The number of amides is 1. The van der Waals surface area contributed by atoms with E-state index < -0.39 is 0 Å². The molecule has 0 heterocycles. The molecule has 0 radical (unpaired) electrons. The number of hydrogen-bond donors (Lipinski definition) is 0. The summed E-state index contributed by atoms with van der Waals surface area (Å²) in [5.74, 6) is 0.820. The van der Waals surface area contributed by atoms with Crippen LogP contribution < -0.4 is 0 Å². The first-order chi connectivity index (χ1) is 12.6. The zero-order valence-corrected chi connectivity index (χ0v) is 17.5. The Hall–Kier alpha value is -1.57. The van der Waals surface area contributed by atoms with Gasteiger partial charge in [0.2, 0.25) is 5.91 Å². The second kappa shape index (κ2) is 13.6. The zero-order chi connectivity index (χ0) is 19.2. The molecule has 26 heavy (non-hydrogen) atoms. The molecule has 0 saturated heterocycles. The third-order valence-electron chi connectivity index (χ3n) is 4.60. The van der Waals surface area contributed by atoms with Crippen LogP contribution in [0.25, 0.3) is 6.08 Å². The molecule has 2 nitrogen and oxygen atoms in total. The van der Waals surface area contributed by atoms with Crippen LogP contribution in [0, 0.1) is 5.92 Å². The Morgan fingerprint density at radius 1 is 0.962 bits per heavy atom. The maximum absolute atomic E-state index is 12.8. The molecule has 0 spiro atoms. The molecule has 2 heteroatoms. The maximum atomic E-state index is 12.8. The van der Waals surface area contributed by atoms with Crippen molar-refractivity contribution in [2.45, 2.75) is 79.1 Å². The zero-order valence-electron chi connectivity index (χ0n) is 17.5. The van der Waals surface area contributed by atoms with Crippen molar-refractivity contribution in [1.82, 2.24) is 4.90 Å². The molecular formula is C24H39NO. The SMILES string of the molecule is CCCCCC(=O)N(C/C(=C/c1ccccc1)CCCCC)CC(C)C. The van der Waals surface area contributed by atoms with Gasteiger partial charge in [-0.1, -0.05) is 95.4 Å². The summed E-state index contributed by atoms with van der Waals surface area (Å²) >= 11 is 0. The molecular weight excluding hydrogens is 318 g/mol. The van der Waals surface area contributed by atoms with Crippen molar-refractivity contribution in [2.24, 2.45) is 5.92 Å². The third-order valence-corrected chi connectivity index (χ3v) is 4.60. The van der Waals surface area contributed by atoms with Crippen molar-refractivity contribution in [2.75, 3.05) is 13.1 Å². The monoisotopic (exact) mass is 357 g/mol. The van der Waals surface area contributed by atoms with E-state index >= 15 is 0 Å². The van der Waals surface area contributed by atoms with Crippen molar-refractivity contribution in [1.29, 1.82) is 0 Å². The van der Waals surface area contributed by atoms with Crippen molar-refractivity contribution in [3.05, 3.63) is 41.5 Å². The molecule has 1 rings (SSSR count). The van der Waals surface area contributed by atoms with Gasteiger partial charge in [0, 0.05) is 19.5 Å². The van der Waals surface area contributed by atoms with Gasteiger partial charge in [-0.15, -0.1) is 0 Å². The smallest absolute Gasteiger partial charge is 0.222 e. The third kappa shape index (κ3) is 9.79. The van der Waals surface area contributed by atoms with E-state index in [0.717, 1.165) is 38.8 Å². The van der Waals surface area contributed by atoms with Gasteiger partial charge >= 0.3 is 0 Å². The van der Waals surface area contributed by atoms with Crippen LogP contribution in [0.5, 0.6) is 0 Å². The average Bonchev–Trinajstić information content (AvgIpc) is 2.62. The summed E-state index contributed by atoms with van der Waals surface area (Å²) in [4.78, 5) is 14.9. The number of hydrogen-bond acceptors (Lipinski definition) is 1. The Morgan fingerprint density at radius 2 is 1.58 bits per heavy atom. The first-order valence-electron chi connectivity index (χ1n) is 10.6. The largest absolute Gasteiger partial charge is 0.338 e. The van der Waals surface area contributed by atoms with Crippen molar-refractivity contribution >= 4 is 12.0 Å². The molecule has 0 aliphatic carbocycles. The minimum absolute atomic E-state index is 0.321. The lowest BCUT2D eigenvalue weighted by Gasteiger charge is -2.26. The lowest BCUT2D eigenvalue weighted by atomic mass is 10.0. The molecule has 1 aromatic rings. The fourth-order valence-electron chi connectivity index (χ4n) is 3.21. The van der Waals surface area contributed by atoms with Gasteiger partial charge in [-0.25, -0.2) is 0 Å².